The highest BCUT2D eigenvalue weighted by Crippen LogP contribution is 2.23. The zero-order chi connectivity index (χ0) is 14.7. The van der Waals surface area contributed by atoms with E-state index in [0.717, 1.165) is 18.2 Å². The number of nitrogens with one attached hydrogen (secondary N) is 1. The molecule has 0 saturated carbocycles. The molecule has 0 fully saturated rings. The van der Waals surface area contributed by atoms with Gasteiger partial charge in [0, 0.05) is 13.0 Å². The molecule has 4 N–H and O–H groups in total. The first-order chi connectivity index (χ1) is 8.62. The molecule has 9 heteroatoms. The number of alkyl halides is 3. The molecular weight excluding hydrogens is 285 g/mol. The van der Waals surface area contributed by atoms with Gasteiger partial charge in [-0.15, -0.1) is 0 Å². The lowest BCUT2D eigenvalue weighted by Crippen LogP contribution is -2.26. The van der Waals surface area contributed by atoms with E-state index in [0.29, 0.717) is 0 Å². The maximum absolute atomic E-state index is 11.9. The first-order valence-corrected chi connectivity index (χ1v) is 6.75. The van der Waals surface area contributed by atoms with E-state index in [1.165, 1.54) is 0 Å². The summed E-state index contributed by atoms with van der Waals surface area (Å²) in [5.74, 6) is -0.268. The van der Waals surface area contributed by atoms with E-state index < -0.39 is 22.6 Å². The molecule has 0 saturated heterocycles. The molecule has 0 aliphatic heterocycles. The van der Waals surface area contributed by atoms with Crippen LogP contribution in [-0.4, -0.2) is 26.2 Å². The second-order valence-corrected chi connectivity index (χ2v) is 5.60. The van der Waals surface area contributed by atoms with Crippen molar-refractivity contribution in [1.29, 1.82) is 0 Å². The van der Waals surface area contributed by atoms with Crippen LogP contribution < -0.4 is 10.5 Å². The number of benzene rings is 1. The third-order valence-corrected chi connectivity index (χ3v) is 3.70. The highest BCUT2D eigenvalue weighted by Gasteiger charge is 2.26. The minimum atomic E-state index is -4.31. The second kappa shape index (κ2) is 5.66. The molecular formula is C10H13F3N2O3S. The smallest absolute Gasteiger partial charge is 0.389 e. The Balaban J connectivity index is 2.63. The topological polar surface area (TPSA) is 92.4 Å². The fourth-order valence-corrected chi connectivity index (χ4v) is 2.39. The largest absolute Gasteiger partial charge is 0.506 e. The normalized spacial score (nSPS) is 12.6. The van der Waals surface area contributed by atoms with Crippen LogP contribution >= 0.6 is 0 Å². The van der Waals surface area contributed by atoms with Gasteiger partial charge >= 0.3 is 6.18 Å². The molecule has 0 aromatic heterocycles. The molecule has 1 aromatic carbocycles. The van der Waals surface area contributed by atoms with E-state index in [1.807, 2.05) is 4.72 Å². The number of phenolic OH excluding ortho intramolecular Hbond substituents is 1. The Kier molecular flexibility index (Phi) is 4.64. The minimum Gasteiger partial charge on any atom is -0.506 e. The van der Waals surface area contributed by atoms with Crippen LogP contribution in [0.2, 0.25) is 0 Å². The van der Waals surface area contributed by atoms with Crippen molar-refractivity contribution in [3.05, 3.63) is 18.2 Å². The van der Waals surface area contributed by atoms with E-state index in [1.54, 1.807) is 0 Å². The van der Waals surface area contributed by atoms with Gasteiger partial charge in [-0.3, -0.25) is 0 Å². The summed E-state index contributed by atoms with van der Waals surface area (Å²) < 4.78 is 61.0. The third kappa shape index (κ3) is 4.95. The average Bonchev–Trinajstić information content (AvgIpc) is 2.27. The molecule has 1 rings (SSSR count). The average molecular weight is 298 g/mol. The first-order valence-electron chi connectivity index (χ1n) is 5.27. The molecule has 5 nitrogen and oxygen atoms in total. The number of nitrogen functional groups attached to an aromatic ring is 1. The predicted octanol–water partition coefficient (Wildman–Crippen LogP) is 1.60. The van der Waals surface area contributed by atoms with Gasteiger partial charge in [0.05, 0.1) is 10.6 Å². The fourth-order valence-electron chi connectivity index (χ4n) is 1.28. The number of phenols is 1. The summed E-state index contributed by atoms with van der Waals surface area (Å²) in [5.41, 5.74) is 5.21. The number of hydrogen-bond donors (Lipinski definition) is 3. The van der Waals surface area contributed by atoms with E-state index in [9.17, 15) is 21.6 Å². The van der Waals surface area contributed by atoms with Gasteiger partial charge in [-0.05, 0) is 24.6 Å². The minimum absolute atomic E-state index is 0.127. The summed E-state index contributed by atoms with van der Waals surface area (Å²) in [6.07, 6.45) is -5.72. The van der Waals surface area contributed by atoms with Crippen molar-refractivity contribution in [2.45, 2.75) is 23.9 Å². The highest BCUT2D eigenvalue weighted by molar-refractivity contribution is 7.89. The van der Waals surface area contributed by atoms with Gasteiger partial charge in [-0.2, -0.15) is 13.2 Å². The van der Waals surface area contributed by atoms with Crippen LogP contribution in [-0.2, 0) is 10.0 Å². The maximum atomic E-state index is 11.9. The highest BCUT2D eigenvalue weighted by atomic mass is 32.2. The molecule has 0 bridgehead atoms. The molecule has 0 aliphatic carbocycles. The summed E-state index contributed by atoms with van der Waals surface area (Å²) in [7, 11) is -3.93. The summed E-state index contributed by atoms with van der Waals surface area (Å²) in [6.45, 7) is -0.331. The standard InChI is InChI=1S/C10H13F3N2O3S/c11-10(12,13)4-1-5-15-19(17,18)7-2-3-9(16)8(14)6-7/h2-3,6,15-16H,1,4-5,14H2. The SMILES string of the molecule is Nc1cc(S(=O)(=O)NCCCC(F)(F)F)ccc1O. The summed E-state index contributed by atoms with van der Waals surface area (Å²) in [5, 5.41) is 9.15. The summed E-state index contributed by atoms with van der Waals surface area (Å²) in [6, 6.07) is 3.23. The number of hydrogen-bond acceptors (Lipinski definition) is 4. The number of rotatable bonds is 5. The van der Waals surface area contributed by atoms with Crippen LogP contribution in [0.1, 0.15) is 12.8 Å². The third-order valence-electron chi connectivity index (χ3n) is 2.24. The maximum Gasteiger partial charge on any atom is 0.389 e. The second-order valence-electron chi connectivity index (χ2n) is 3.84. The Hall–Kier alpha value is -1.48. The Morgan fingerprint density at radius 2 is 1.95 bits per heavy atom. The van der Waals surface area contributed by atoms with Gasteiger partial charge < -0.3 is 10.8 Å². The molecule has 108 valence electrons. The van der Waals surface area contributed by atoms with Crippen molar-refractivity contribution in [2.75, 3.05) is 12.3 Å². The van der Waals surface area contributed by atoms with Gasteiger partial charge in [0.1, 0.15) is 5.75 Å². The molecule has 0 radical (unpaired) electrons. The Morgan fingerprint density at radius 3 is 2.47 bits per heavy atom. The number of sulfonamides is 1. The van der Waals surface area contributed by atoms with Gasteiger partial charge in [0.15, 0.2) is 0 Å². The lowest BCUT2D eigenvalue weighted by molar-refractivity contribution is -0.135. The molecule has 19 heavy (non-hydrogen) atoms. The summed E-state index contributed by atoms with van der Waals surface area (Å²) in [4.78, 5) is -0.213. The predicted molar refractivity (Wildman–Crippen MR) is 63.0 cm³/mol. The Labute approximate surface area is 108 Å². The molecule has 0 atom stereocenters. The van der Waals surface area contributed by atoms with Gasteiger partial charge in [-0.1, -0.05) is 0 Å². The van der Waals surface area contributed by atoms with Crippen molar-refractivity contribution in [1.82, 2.24) is 4.72 Å². The Bertz CT molecular complexity index is 543. The lowest BCUT2D eigenvalue weighted by Gasteiger charge is -2.09. The van der Waals surface area contributed by atoms with Crippen molar-refractivity contribution in [3.8, 4) is 5.75 Å². The molecule has 0 aliphatic rings. The van der Waals surface area contributed by atoms with Crippen LogP contribution in [0.15, 0.2) is 23.1 Å². The lowest BCUT2D eigenvalue weighted by atomic mass is 10.3. The van der Waals surface area contributed by atoms with Crippen LogP contribution in [0.5, 0.6) is 5.75 Å². The summed E-state index contributed by atoms with van der Waals surface area (Å²) >= 11 is 0. The van der Waals surface area contributed by atoms with Crippen LogP contribution in [0.4, 0.5) is 18.9 Å². The van der Waals surface area contributed by atoms with Crippen molar-refractivity contribution >= 4 is 15.7 Å². The fraction of sp³-hybridized carbons (Fsp3) is 0.400. The molecule has 0 heterocycles. The van der Waals surface area contributed by atoms with Crippen molar-refractivity contribution in [2.24, 2.45) is 0 Å². The monoisotopic (exact) mass is 298 g/mol. The van der Waals surface area contributed by atoms with Gasteiger partial charge in [0.2, 0.25) is 10.0 Å². The van der Waals surface area contributed by atoms with E-state index in [2.05, 4.69) is 0 Å². The van der Waals surface area contributed by atoms with Crippen LogP contribution in [0, 0.1) is 0 Å². The zero-order valence-electron chi connectivity index (χ0n) is 9.74. The quantitative estimate of drug-likeness (QED) is 0.437. The number of anilines is 1. The number of nitrogens with two attached hydrogens (primary N) is 1. The van der Waals surface area contributed by atoms with Crippen LogP contribution in [0.25, 0.3) is 0 Å². The van der Waals surface area contributed by atoms with Crippen LogP contribution in [0.3, 0.4) is 0 Å². The van der Waals surface area contributed by atoms with Gasteiger partial charge in [-0.25, -0.2) is 13.1 Å². The van der Waals surface area contributed by atoms with Crippen molar-refractivity contribution in [3.63, 3.8) is 0 Å². The number of aromatic hydroxyl groups is 1. The molecule has 0 unspecified atom stereocenters. The van der Waals surface area contributed by atoms with E-state index in [-0.39, 0.29) is 29.3 Å². The van der Waals surface area contributed by atoms with E-state index >= 15 is 0 Å². The number of halogens is 3. The molecule has 0 amide bonds. The zero-order valence-corrected chi connectivity index (χ0v) is 10.6. The first kappa shape index (κ1) is 15.6. The Morgan fingerprint density at radius 1 is 1.32 bits per heavy atom. The van der Waals surface area contributed by atoms with Gasteiger partial charge in [0.25, 0.3) is 0 Å². The molecule has 1 aromatic rings. The van der Waals surface area contributed by atoms with Crippen molar-refractivity contribution < 1.29 is 26.7 Å². The van der Waals surface area contributed by atoms with E-state index in [4.69, 9.17) is 10.8 Å². The molecule has 0 spiro atoms.